The number of hydrogen-bond acceptors (Lipinski definition) is 3. The van der Waals surface area contributed by atoms with Gasteiger partial charge in [-0.1, -0.05) is 19.8 Å². The Kier molecular flexibility index (Phi) is 4.32. The van der Waals surface area contributed by atoms with Crippen molar-refractivity contribution in [3.63, 3.8) is 0 Å². The highest BCUT2D eigenvalue weighted by atomic mass is 16.2. The smallest absolute Gasteiger partial charge is 0.248 e. The average Bonchev–Trinajstić information content (AvgIpc) is 2.40. The number of primary amides is 1. The maximum atomic E-state index is 12.5. The van der Waals surface area contributed by atoms with E-state index in [0.717, 1.165) is 18.4 Å². The third-order valence-electron chi connectivity index (χ3n) is 4.24. The molecule has 0 aliphatic heterocycles. The summed E-state index contributed by atoms with van der Waals surface area (Å²) in [7, 11) is 0. The van der Waals surface area contributed by atoms with Gasteiger partial charge in [-0.3, -0.25) is 9.59 Å². The lowest BCUT2D eigenvalue weighted by Crippen LogP contribution is -2.53. The highest BCUT2D eigenvalue weighted by molar-refractivity contribution is 5.99. The number of hydrogen-bond donors (Lipinski definition) is 3. The van der Waals surface area contributed by atoms with Gasteiger partial charge in [0.15, 0.2) is 0 Å². The lowest BCUT2D eigenvalue weighted by Gasteiger charge is -2.35. The Bertz CT molecular complexity index is 571. The Morgan fingerprint density at radius 3 is 2.67 bits per heavy atom. The molecule has 2 rings (SSSR count). The molecule has 114 valence electrons. The van der Waals surface area contributed by atoms with Gasteiger partial charge in [0.1, 0.15) is 0 Å². The summed E-state index contributed by atoms with van der Waals surface area (Å²) in [5.41, 5.74) is 12.6. The fraction of sp³-hybridized carbons (Fsp3) is 0.500. The molecule has 1 aromatic carbocycles. The molecule has 2 atom stereocenters. The molecule has 0 bridgehead atoms. The van der Waals surface area contributed by atoms with Gasteiger partial charge >= 0.3 is 0 Å². The van der Waals surface area contributed by atoms with E-state index in [1.165, 1.54) is 0 Å². The topological polar surface area (TPSA) is 98.2 Å². The van der Waals surface area contributed by atoms with E-state index in [2.05, 4.69) is 12.2 Å². The monoisotopic (exact) mass is 289 g/mol. The molecule has 0 spiro atoms. The summed E-state index contributed by atoms with van der Waals surface area (Å²) in [6.07, 6.45) is 3.52. The minimum absolute atomic E-state index is 0.149. The van der Waals surface area contributed by atoms with Crippen molar-refractivity contribution in [1.82, 2.24) is 0 Å². The van der Waals surface area contributed by atoms with Crippen molar-refractivity contribution >= 4 is 17.5 Å². The number of benzene rings is 1. The van der Waals surface area contributed by atoms with Crippen molar-refractivity contribution < 1.29 is 9.59 Å². The van der Waals surface area contributed by atoms with Gasteiger partial charge in [0.05, 0.1) is 5.54 Å². The zero-order valence-electron chi connectivity index (χ0n) is 12.6. The predicted molar refractivity (Wildman–Crippen MR) is 82.9 cm³/mol. The van der Waals surface area contributed by atoms with Crippen molar-refractivity contribution in [1.29, 1.82) is 0 Å². The van der Waals surface area contributed by atoms with Crippen LogP contribution in [0.2, 0.25) is 0 Å². The Hall–Kier alpha value is -1.88. The van der Waals surface area contributed by atoms with E-state index >= 15 is 0 Å². The second kappa shape index (κ2) is 5.85. The van der Waals surface area contributed by atoms with Crippen LogP contribution in [-0.4, -0.2) is 17.4 Å². The fourth-order valence-electron chi connectivity index (χ4n) is 3.00. The number of carbonyl (C=O) groups is 2. The summed E-state index contributed by atoms with van der Waals surface area (Å²) < 4.78 is 0. The molecule has 21 heavy (non-hydrogen) atoms. The number of aryl methyl sites for hydroxylation is 1. The Balaban J connectivity index is 2.14. The first-order chi connectivity index (χ1) is 9.82. The van der Waals surface area contributed by atoms with Gasteiger partial charge < -0.3 is 16.8 Å². The van der Waals surface area contributed by atoms with E-state index in [0.29, 0.717) is 30.0 Å². The molecule has 5 heteroatoms. The fourth-order valence-corrected chi connectivity index (χ4v) is 3.00. The van der Waals surface area contributed by atoms with Crippen LogP contribution >= 0.6 is 0 Å². The molecule has 5 nitrogen and oxygen atoms in total. The number of amides is 2. The minimum atomic E-state index is -0.799. The van der Waals surface area contributed by atoms with Crippen LogP contribution in [0.25, 0.3) is 0 Å². The Morgan fingerprint density at radius 2 is 2.10 bits per heavy atom. The molecule has 2 unspecified atom stereocenters. The number of anilines is 1. The molecule has 0 aromatic heterocycles. The van der Waals surface area contributed by atoms with Crippen LogP contribution in [0.3, 0.4) is 0 Å². The second-order valence-electron chi connectivity index (χ2n) is 6.21. The van der Waals surface area contributed by atoms with E-state index in [4.69, 9.17) is 11.5 Å². The van der Waals surface area contributed by atoms with Crippen molar-refractivity contribution in [2.24, 2.45) is 17.4 Å². The number of carbonyl (C=O) groups excluding carboxylic acids is 2. The molecule has 0 heterocycles. The molecule has 1 aromatic rings. The van der Waals surface area contributed by atoms with E-state index < -0.39 is 11.4 Å². The van der Waals surface area contributed by atoms with E-state index in [1.807, 2.05) is 6.92 Å². The lowest BCUT2D eigenvalue weighted by molar-refractivity contribution is -0.122. The van der Waals surface area contributed by atoms with Crippen LogP contribution in [-0.2, 0) is 4.79 Å². The highest BCUT2D eigenvalue weighted by Crippen LogP contribution is 2.31. The third-order valence-corrected chi connectivity index (χ3v) is 4.24. The van der Waals surface area contributed by atoms with Crippen molar-refractivity contribution in [2.75, 3.05) is 5.32 Å². The normalized spacial score (nSPS) is 25.4. The van der Waals surface area contributed by atoms with Gasteiger partial charge in [0, 0.05) is 11.3 Å². The van der Waals surface area contributed by atoms with E-state index in [-0.39, 0.29) is 5.91 Å². The summed E-state index contributed by atoms with van der Waals surface area (Å²) in [6, 6.07) is 4.98. The largest absolute Gasteiger partial charge is 0.366 e. The van der Waals surface area contributed by atoms with Crippen LogP contribution in [0.5, 0.6) is 0 Å². The first-order valence-corrected chi connectivity index (χ1v) is 7.32. The van der Waals surface area contributed by atoms with Crippen LogP contribution < -0.4 is 16.8 Å². The van der Waals surface area contributed by atoms with E-state index in [9.17, 15) is 9.59 Å². The van der Waals surface area contributed by atoms with Crippen LogP contribution in [0, 0.1) is 12.8 Å². The summed E-state index contributed by atoms with van der Waals surface area (Å²) in [5.74, 6) is -0.163. The van der Waals surface area contributed by atoms with Crippen molar-refractivity contribution in [3.05, 3.63) is 29.3 Å². The zero-order valence-corrected chi connectivity index (χ0v) is 12.6. The summed E-state index contributed by atoms with van der Waals surface area (Å²) in [6.45, 7) is 3.95. The summed E-state index contributed by atoms with van der Waals surface area (Å²) >= 11 is 0. The molecule has 0 radical (unpaired) electrons. The Labute approximate surface area is 125 Å². The van der Waals surface area contributed by atoms with E-state index in [1.54, 1.807) is 18.2 Å². The van der Waals surface area contributed by atoms with Gasteiger partial charge in [-0.05, 0) is 49.4 Å². The Morgan fingerprint density at radius 1 is 1.38 bits per heavy atom. The molecular weight excluding hydrogens is 266 g/mol. The predicted octanol–water partition coefficient (Wildman–Crippen LogP) is 1.94. The zero-order chi connectivity index (χ0) is 15.6. The molecule has 2 amide bonds. The molecule has 1 saturated carbocycles. The summed E-state index contributed by atoms with van der Waals surface area (Å²) in [5, 5.41) is 2.89. The standard InChI is InChI=1S/C16H23N3O2/c1-10-4-3-7-16(18,9-10)15(21)19-13-6-5-12(14(17)20)8-11(13)2/h5-6,8,10H,3-4,7,9,18H2,1-2H3,(H2,17,20)(H,19,21). The third kappa shape index (κ3) is 3.42. The number of rotatable bonds is 3. The average molecular weight is 289 g/mol. The second-order valence-corrected chi connectivity index (χ2v) is 6.21. The quantitative estimate of drug-likeness (QED) is 0.793. The number of nitrogens with one attached hydrogen (secondary N) is 1. The summed E-state index contributed by atoms with van der Waals surface area (Å²) in [4.78, 5) is 23.6. The maximum absolute atomic E-state index is 12.5. The van der Waals surface area contributed by atoms with Gasteiger partial charge in [0.25, 0.3) is 0 Å². The molecule has 5 N–H and O–H groups in total. The van der Waals surface area contributed by atoms with Crippen molar-refractivity contribution in [2.45, 2.75) is 45.1 Å². The minimum Gasteiger partial charge on any atom is -0.366 e. The lowest BCUT2D eigenvalue weighted by atomic mass is 9.76. The maximum Gasteiger partial charge on any atom is 0.248 e. The van der Waals surface area contributed by atoms with Crippen LogP contribution in [0.1, 0.15) is 48.5 Å². The van der Waals surface area contributed by atoms with Crippen LogP contribution in [0.15, 0.2) is 18.2 Å². The van der Waals surface area contributed by atoms with Gasteiger partial charge in [-0.15, -0.1) is 0 Å². The first kappa shape index (κ1) is 15.5. The van der Waals surface area contributed by atoms with Crippen molar-refractivity contribution in [3.8, 4) is 0 Å². The molecule has 1 aliphatic rings. The first-order valence-electron chi connectivity index (χ1n) is 7.32. The SMILES string of the molecule is Cc1cc(C(N)=O)ccc1NC(=O)C1(N)CCCC(C)C1. The molecule has 1 fully saturated rings. The van der Waals surface area contributed by atoms with Crippen LogP contribution in [0.4, 0.5) is 5.69 Å². The van der Waals surface area contributed by atoms with Gasteiger partial charge in [-0.25, -0.2) is 0 Å². The number of nitrogens with two attached hydrogens (primary N) is 2. The van der Waals surface area contributed by atoms with Gasteiger partial charge in [0.2, 0.25) is 11.8 Å². The van der Waals surface area contributed by atoms with Gasteiger partial charge in [-0.2, -0.15) is 0 Å². The molecular formula is C16H23N3O2. The molecule has 0 saturated heterocycles. The molecule has 1 aliphatic carbocycles. The highest BCUT2D eigenvalue weighted by Gasteiger charge is 2.38.